The Morgan fingerprint density at radius 2 is 1.70 bits per heavy atom. The van der Waals surface area contributed by atoms with Crippen LogP contribution in [0.5, 0.6) is 5.75 Å². The van der Waals surface area contributed by atoms with Gasteiger partial charge in [-0.15, -0.1) is 0 Å². The maximum Gasteiger partial charge on any atom is 0.355 e. The number of allylic oxidation sites excluding steroid dienone is 1. The van der Waals surface area contributed by atoms with Gasteiger partial charge in [0.25, 0.3) is 0 Å². The molecule has 9 heteroatoms. The molecule has 9 nitrogen and oxygen atoms in total. The highest BCUT2D eigenvalue weighted by Crippen LogP contribution is 2.43. The van der Waals surface area contributed by atoms with Crippen LogP contribution in [-0.4, -0.2) is 31.1 Å². The monoisotopic (exact) mass is 496 g/mol. The molecule has 1 atom stereocenters. The van der Waals surface area contributed by atoms with Gasteiger partial charge in [0.2, 0.25) is 0 Å². The maximum atomic E-state index is 13.1. The molecule has 0 radical (unpaired) electrons. The molecule has 0 bridgehead atoms. The topological polar surface area (TPSA) is 128 Å². The average molecular weight is 497 g/mol. The van der Waals surface area contributed by atoms with Gasteiger partial charge in [-0.1, -0.05) is 36.4 Å². The van der Waals surface area contributed by atoms with Crippen molar-refractivity contribution < 1.29 is 23.8 Å². The Labute approximate surface area is 214 Å². The van der Waals surface area contributed by atoms with Crippen molar-refractivity contribution in [2.45, 2.75) is 12.5 Å². The van der Waals surface area contributed by atoms with E-state index in [1.807, 2.05) is 12.1 Å². The van der Waals surface area contributed by atoms with Crippen LogP contribution in [0, 0.1) is 11.3 Å². The third-order valence-electron chi connectivity index (χ3n) is 5.83. The SMILES string of the molecule is COC(=O)C1=C(C(=O)OC)N(c2ccc(OCc3cccnc3)cc2)C(N)=C(C#N)C1c1ccccc1. The second-order valence-electron chi connectivity index (χ2n) is 7.98. The summed E-state index contributed by atoms with van der Waals surface area (Å²) in [6.07, 6.45) is 3.39. The second-order valence-corrected chi connectivity index (χ2v) is 7.98. The van der Waals surface area contributed by atoms with Crippen LogP contribution in [0.2, 0.25) is 0 Å². The van der Waals surface area contributed by atoms with Gasteiger partial charge in [0.1, 0.15) is 23.9 Å². The predicted octanol–water partition coefficient (Wildman–Crippen LogP) is 3.56. The first-order chi connectivity index (χ1) is 18.0. The summed E-state index contributed by atoms with van der Waals surface area (Å²) in [6, 6.07) is 21.4. The van der Waals surface area contributed by atoms with Gasteiger partial charge in [0.05, 0.1) is 37.4 Å². The molecule has 1 unspecified atom stereocenters. The number of rotatable bonds is 7. The van der Waals surface area contributed by atoms with Crippen molar-refractivity contribution in [2.24, 2.45) is 5.73 Å². The molecule has 0 saturated heterocycles. The van der Waals surface area contributed by atoms with E-state index in [2.05, 4.69) is 11.1 Å². The summed E-state index contributed by atoms with van der Waals surface area (Å²) in [5, 5.41) is 10.1. The molecule has 0 spiro atoms. The molecule has 2 heterocycles. The number of carbonyl (C=O) groups excluding carboxylic acids is 2. The number of ether oxygens (including phenoxy) is 3. The number of methoxy groups -OCH3 is 2. The molecule has 1 aliphatic heterocycles. The molecule has 2 aromatic carbocycles. The molecule has 37 heavy (non-hydrogen) atoms. The van der Waals surface area contributed by atoms with Crippen LogP contribution < -0.4 is 15.4 Å². The number of hydrogen-bond donors (Lipinski definition) is 1. The molecule has 186 valence electrons. The fraction of sp³-hybridized carbons (Fsp3) is 0.143. The molecular formula is C28H24N4O5. The quantitative estimate of drug-likeness (QED) is 0.488. The first kappa shape index (κ1) is 25.0. The van der Waals surface area contributed by atoms with Crippen molar-refractivity contribution in [3.8, 4) is 11.8 Å². The Hall–Kier alpha value is -5.10. The van der Waals surface area contributed by atoms with Crippen molar-refractivity contribution in [3.63, 3.8) is 0 Å². The molecule has 0 saturated carbocycles. The largest absolute Gasteiger partial charge is 0.489 e. The van der Waals surface area contributed by atoms with Crippen molar-refractivity contribution in [3.05, 3.63) is 113 Å². The first-order valence-corrected chi connectivity index (χ1v) is 11.3. The van der Waals surface area contributed by atoms with E-state index >= 15 is 0 Å². The molecule has 0 aliphatic carbocycles. The average Bonchev–Trinajstić information content (AvgIpc) is 2.95. The Bertz CT molecular complexity index is 1390. The minimum Gasteiger partial charge on any atom is -0.489 e. The van der Waals surface area contributed by atoms with Gasteiger partial charge < -0.3 is 19.9 Å². The zero-order chi connectivity index (χ0) is 26.4. The lowest BCUT2D eigenvalue weighted by Gasteiger charge is -2.35. The summed E-state index contributed by atoms with van der Waals surface area (Å²) < 4.78 is 15.9. The van der Waals surface area contributed by atoms with Gasteiger partial charge in [0, 0.05) is 23.6 Å². The van der Waals surface area contributed by atoms with E-state index in [0.717, 1.165) is 5.56 Å². The van der Waals surface area contributed by atoms with E-state index in [9.17, 15) is 14.9 Å². The van der Waals surface area contributed by atoms with E-state index in [0.29, 0.717) is 23.6 Å². The highest BCUT2D eigenvalue weighted by Gasteiger charge is 2.42. The number of anilines is 1. The highest BCUT2D eigenvalue weighted by atomic mass is 16.5. The molecule has 2 N–H and O–H groups in total. The van der Waals surface area contributed by atoms with Crippen LogP contribution in [0.15, 0.2) is 102 Å². The molecule has 1 aromatic heterocycles. The summed E-state index contributed by atoms with van der Waals surface area (Å²) in [4.78, 5) is 31.6. The van der Waals surface area contributed by atoms with Crippen LogP contribution in [0.25, 0.3) is 0 Å². The number of nitrogens with zero attached hydrogens (tertiary/aromatic N) is 3. The van der Waals surface area contributed by atoms with Gasteiger partial charge >= 0.3 is 11.9 Å². The van der Waals surface area contributed by atoms with Crippen LogP contribution in [0.1, 0.15) is 17.0 Å². The van der Waals surface area contributed by atoms with Gasteiger partial charge in [-0.2, -0.15) is 5.26 Å². The number of esters is 2. The van der Waals surface area contributed by atoms with Gasteiger partial charge in [0.15, 0.2) is 0 Å². The third-order valence-corrected chi connectivity index (χ3v) is 5.83. The minimum atomic E-state index is -0.925. The number of nitriles is 1. The summed E-state index contributed by atoms with van der Waals surface area (Å²) in [6.45, 7) is 0.316. The molecule has 1 aliphatic rings. The number of benzene rings is 2. The van der Waals surface area contributed by atoms with Gasteiger partial charge in [-0.25, -0.2) is 9.59 Å². The summed E-state index contributed by atoms with van der Waals surface area (Å²) in [7, 11) is 2.41. The van der Waals surface area contributed by atoms with Gasteiger partial charge in [-0.05, 0) is 35.9 Å². The molecule has 3 aromatic rings. The number of pyridine rings is 1. The number of hydrogen-bond acceptors (Lipinski definition) is 9. The lowest BCUT2D eigenvalue weighted by atomic mass is 9.81. The predicted molar refractivity (Wildman–Crippen MR) is 135 cm³/mol. The zero-order valence-electron chi connectivity index (χ0n) is 20.3. The minimum absolute atomic E-state index is 0.00608. The maximum absolute atomic E-state index is 13.1. The highest BCUT2D eigenvalue weighted by molar-refractivity contribution is 6.06. The standard InChI is InChI=1S/C28H24N4O5/c1-35-27(33)24-23(19-8-4-3-5-9-19)22(15-29)26(30)32(25(24)28(34)36-2)20-10-12-21(13-11-20)37-17-18-7-6-14-31-16-18/h3-14,16,23H,17,30H2,1-2H3. The first-order valence-electron chi connectivity index (χ1n) is 11.3. The van der Waals surface area contributed by atoms with Crippen LogP contribution in [-0.2, 0) is 25.7 Å². The third kappa shape index (κ3) is 4.99. The van der Waals surface area contributed by atoms with E-state index in [-0.39, 0.29) is 22.7 Å². The van der Waals surface area contributed by atoms with E-state index in [1.165, 1.54) is 19.1 Å². The van der Waals surface area contributed by atoms with Crippen LogP contribution in [0.3, 0.4) is 0 Å². The normalized spacial score (nSPS) is 15.2. The fourth-order valence-electron chi connectivity index (χ4n) is 4.12. The Kier molecular flexibility index (Phi) is 7.50. The second kappa shape index (κ2) is 11.1. The van der Waals surface area contributed by atoms with E-state index < -0.39 is 17.9 Å². The Balaban J connectivity index is 1.81. The number of carbonyl (C=O) groups is 2. The molecule has 4 rings (SSSR count). The van der Waals surface area contributed by atoms with Gasteiger partial charge in [-0.3, -0.25) is 9.88 Å². The van der Waals surface area contributed by atoms with Crippen molar-refractivity contribution in [1.82, 2.24) is 4.98 Å². The summed E-state index contributed by atoms with van der Waals surface area (Å²) in [5.74, 6) is -1.96. The molecular weight excluding hydrogens is 472 g/mol. The zero-order valence-corrected chi connectivity index (χ0v) is 20.3. The Morgan fingerprint density at radius 3 is 2.30 bits per heavy atom. The Morgan fingerprint density at radius 1 is 1.00 bits per heavy atom. The van der Waals surface area contributed by atoms with Crippen molar-refractivity contribution in [1.29, 1.82) is 5.26 Å². The van der Waals surface area contributed by atoms with Crippen molar-refractivity contribution in [2.75, 3.05) is 19.1 Å². The summed E-state index contributed by atoms with van der Waals surface area (Å²) >= 11 is 0. The lowest BCUT2D eigenvalue weighted by Crippen LogP contribution is -2.40. The van der Waals surface area contributed by atoms with Crippen LogP contribution in [0.4, 0.5) is 5.69 Å². The summed E-state index contributed by atoms with van der Waals surface area (Å²) in [5.41, 5.74) is 8.33. The smallest absolute Gasteiger partial charge is 0.355 e. The molecule has 0 fully saturated rings. The van der Waals surface area contributed by atoms with E-state index in [1.54, 1.807) is 67.0 Å². The van der Waals surface area contributed by atoms with Crippen LogP contribution >= 0.6 is 0 Å². The number of aromatic nitrogens is 1. The van der Waals surface area contributed by atoms with E-state index in [4.69, 9.17) is 19.9 Å². The lowest BCUT2D eigenvalue weighted by molar-refractivity contribution is -0.139. The molecule has 0 amide bonds. The van der Waals surface area contributed by atoms with Crippen molar-refractivity contribution >= 4 is 17.6 Å². The number of nitrogens with two attached hydrogens (primary N) is 1. The fourth-order valence-corrected chi connectivity index (χ4v) is 4.12.